The number of ketones is 1. The summed E-state index contributed by atoms with van der Waals surface area (Å²) in [5.74, 6) is 0.635. The molecule has 0 spiro atoms. The van der Waals surface area contributed by atoms with Crippen LogP contribution in [0.1, 0.15) is 47.8 Å². The van der Waals surface area contributed by atoms with Gasteiger partial charge >= 0.3 is 0 Å². The fraction of sp³-hybridized carbons (Fsp3) is 0.381. The van der Waals surface area contributed by atoms with Crippen molar-refractivity contribution in [2.24, 2.45) is 0 Å². The van der Waals surface area contributed by atoms with E-state index in [0.29, 0.717) is 23.5 Å². The molecule has 0 aromatic heterocycles. The van der Waals surface area contributed by atoms with Crippen molar-refractivity contribution in [1.29, 1.82) is 0 Å². The van der Waals surface area contributed by atoms with E-state index in [9.17, 15) is 4.79 Å². The van der Waals surface area contributed by atoms with Gasteiger partial charge in [-0.1, -0.05) is 57.2 Å². The van der Waals surface area contributed by atoms with Crippen LogP contribution in [0.3, 0.4) is 0 Å². The quantitative estimate of drug-likeness (QED) is 0.608. The van der Waals surface area contributed by atoms with E-state index >= 15 is 0 Å². The fourth-order valence-electron chi connectivity index (χ4n) is 2.67. The van der Waals surface area contributed by atoms with Crippen LogP contribution in [0.25, 0.3) is 0 Å². The van der Waals surface area contributed by atoms with E-state index in [-0.39, 0.29) is 17.3 Å². The van der Waals surface area contributed by atoms with Crippen LogP contribution in [0.15, 0.2) is 42.5 Å². The molecule has 2 aromatic rings. The zero-order valence-electron chi connectivity index (χ0n) is 14.8. The zero-order chi connectivity index (χ0) is 17.3. The Hall–Kier alpha value is -2.13. The highest BCUT2D eigenvalue weighted by Gasteiger charge is 2.25. The van der Waals surface area contributed by atoms with Crippen molar-refractivity contribution in [3.63, 3.8) is 0 Å². The molecule has 3 nitrogen and oxygen atoms in total. The second-order valence-electron chi connectivity index (χ2n) is 7.37. The lowest BCUT2D eigenvalue weighted by atomic mass is 9.86. The van der Waals surface area contributed by atoms with Gasteiger partial charge in [0.05, 0.1) is 12.2 Å². The summed E-state index contributed by atoms with van der Waals surface area (Å²) in [7, 11) is 0. The highest BCUT2D eigenvalue weighted by atomic mass is 16.6. The molecular weight excluding hydrogens is 300 g/mol. The van der Waals surface area contributed by atoms with Crippen molar-refractivity contribution >= 4 is 5.78 Å². The summed E-state index contributed by atoms with van der Waals surface area (Å²) in [4.78, 5) is 13.0. The number of rotatable bonds is 5. The number of benzene rings is 2. The molecule has 3 rings (SSSR count). The third-order valence-electron chi connectivity index (χ3n) is 4.30. The maximum atomic E-state index is 13.0. The topological polar surface area (TPSA) is 38.8 Å². The molecule has 1 unspecified atom stereocenters. The van der Waals surface area contributed by atoms with E-state index < -0.39 is 0 Å². The fourth-order valence-corrected chi connectivity index (χ4v) is 2.67. The smallest absolute Gasteiger partial charge is 0.197 e. The summed E-state index contributed by atoms with van der Waals surface area (Å²) in [6, 6.07) is 13.6. The summed E-state index contributed by atoms with van der Waals surface area (Å²) in [6.07, 6.45) is 0.166. The molecule has 0 N–H and O–H groups in total. The first-order chi connectivity index (χ1) is 11.4. The Labute approximate surface area is 143 Å². The second kappa shape index (κ2) is 6.40. The van der Waals surface area contributed by atoms with E-state index in [1.807, 2.05) is 49.4 Å². The molecule has 0 saturated carbocycles. The van der Waals surface area contributed by atoms with Crippen molar-refractivity contribution in [2.75, 3.05) is 13.2 Å². The Kier molecular flexibility index (Phi) is 4.46. The average Bonchev–Trinajstić information content (AvgIpc) is 3.36. The molecule has 0 amide bonds. The van der Waals surface area contributed by atoms with Gasteiger partial charge in [-0.15, -0.1) is 0 Å². The highest BCUT2D eigenvalue weighted by molar-refractivity contribution is 6.11. The molecule has 0 radical (unpaired) electrons. The van der Waals surface area contributed by atoms with Gasteiger partial charge in [0.2, 0.25) is 0 Å². The van der Waals surface area contributed by atoms with Gasteiger partial charge in [-0.3, -0.25) is 4.79 Å². The Bertz CT molecular complexity index is 735. The van der Waals surface area contributed by atoms with Gasteiger partial charge in [0.1, 0.15) is 18.5 Å². The highest BCUT2D eigenvalue weighted by Crippen LogP contribution is 2.28. The van der Waals surface area contributed by atoms with Gasteiger partial charge in [-0.05, 0) is 29.5 Å². The van der Waals surface area contributed by atoms with Crippen LogP contribution in [0.5, 0.6) is 5.75 Å². The number of hydrogen-bond acceptors (Lipinski definition) is 3. The van der Waals surface area contributed by atoms with Crippen molar-refractivity contribution in [1.82, 2.24) is 0 Å². The van der Waals surface area contributed by atoms with Gasteiger partial charge in [0, 0.05) is 5.56 Å². The Morgan fingerprint density at radius 1 is 1.17 bits per heavy atom. The predicted molar refractivity (Wildman–Crippen MR) is 95.0 cm³/mol. The minimum absolute atomic E-state index is 0.000254. The molecule has 126 valence electrons. The third-order valence-corrected chi connectivity index (χ3v) is 4.30. The first-order valence-electron chi connectivity index (χ1n) is 8.35. The lowest BCUT2D eigenvalue weighted by molar-refractivity contribution is 0.103. The minimum atomic E-state index is 0.000254. The first kappa shape index (κ1) is 16.7. The largest absolute Gasteiger partial charge is 0.490 e. The minimum Gasteiger partial charge on any atom is -0.490 e. The molecule has 1 aliphatic rings. The monoisotopic (exact) mass is 324 g/mol. The van der Waals surface area contributed by atoms with Gasteiger partial charge in [0.25, 0.3) is 0 Å². The predicted octanol–water partition coefficient (Wildman–Crippen LogP) is 4.30. The lowest BCUT2D eigenvalue weighted by Crippen LogP contribution is -2.13. The van der Waals surface area contributed by atoms with Gasteiger partial charge in [0.15, 0.2) is 5.78 Å². The van der Waals surface area contributed by atoms with E-state index in [1.165, 1.54) is 5.56 Å². The van der Waals surface area contributed by atoms with Gasteiger partial charge < -0.3 is 9.47 Å². The molecule has 1 fully saturated rings. The summed E-state index contributed by atoms with van der Waals surface area (Å²) >= 11 is 0. The van der Waals surface area contributed by atoms with Crippen LogP contribution in [0, 0.1) is 6.92 Å². The standard InChI is InChI=1S/C21H24O3/c1-14-6-5-7-18(24-13-17-12-23-17)19(14)20(22)15-8-10-16(11-9-15)21(2,3)4/h5-11,17H,12-13H2,1-4H3. The number of epoxide rings is 1. The van der Waals surface area contributed by atoms with Gasteiger partial charge in [-0.25, -0.2) is 0 Å². The van der Waals surface area contributed by atoms with E-state index in [0.717, 1.165) is 12.2 Å². The van der Waals surface area contributed by atoms with Crippen LogP contribution in [-0.2, 0) is 10.2 Å². The Balaban J connectivity index is 1.88. The first-order valence-corrected chi connectivity index (χ1v) is 8.35. The number of hydrogen-bond donors (Lipinski definition) is 0. The molecule has 3 heteroatoms. The van der Waals surface area contributed by atoms with Gasteiger partial charge in [-0.2, -0.15) is 0 Å². The van der Waals surface area contributed by atoms with Crippen molar-refractivity contribution < 1.29 is 14.3 Å². The molecule has 1 saturated heterocycles. The molecule has 1 atom stereocenters. The Morgan fingerprint density at radius 2 is 1.83 bits per heavy atom. The summed E-state index contributed by atoms with van der Waals surface area (Å²) in [5.41, 5.74) is 3.54. The summed E-state index contributed by atoms with van der Waals surface area (Å²) in [5, 5.41) is 0. The molecule has 0 aliphatic carbocycles. The molecular formula is C21H24O3. The molecule has 1 aliphatic heterocycles. The average molecular weight is 324 g/mol. The normalized spacial score (nSPS) is 16.8. The van der Waals surface area contributed by atoms with Crippen LogP contribution in [0.2, 0.25) is 0 Å². The second-order valence-corrected chi connectivity index (χ2v) is 7.37. The maximum Gasteiger partial charge on any atom is 0.197 e. The van der Waals surface area contributed by atoms with Crippen molar-refractivity contribution in [3.8, 4) is 5.75 Å². The molecule has 24 heavy (non-hydrogen) atoms. The van der Waals surface area contributed by atoms with Crippen molar-refractivity contribution in [2.45, 2.75) is 39.2 Å². The van der Waals surface area contributed by atoms with Crippen LogP contribution in [-0.4, -0.2) is 25.1 Å². The molecule has 1 heterocycles. The molecule has 0 bridgehead atoms. The Morgan fingerprint density at radius 3 is 2.42 bits per heavy atom. The number of carbonyl (C=O) groups excluding carboxylic acids is 1. The SMILES string of the molecule is Cc1cccc(OCC2CO2)c1C(=O)c1ccc(C(C)(C)C)cc1. The zero-order valence-corrected chi connectivity index (χ0v) is 14.8. The van der Waals surface area contributed by atoms with E-state index in [1.54, 1.807) is 0 Å². The number of aryl methyl sites for hydroxylation is 1. The lowest BCUT2D eigenvalue weighted by Gasteiger charge is -2.19. The number of ether oxygens (including phenoxy) is 2. The van der Waals surface area contributed by atoms with Crippen LogP contribution in [0.4, 0.5) is 0 Å². The third kappa shape index (κ3) is 3.68. The summed E-state index contributed by atoms with van der Waals surface area (Å²) < 4.78 is 11.0. The summed E-state index contributed by atoms with van der Waals surface area (Å²) in [6.45, 7) is 9.67. The van der Waals surface area contributed by atoms with Crippen LogP contribution < -0.4 is 4.74 Å². The van der Waals surface area contributed by atoms with Crippen molar-refractivity contribution in [3.05, 3.63) is 64.7 Å². The number of carbonyl (C=O) groups is 1. The maximum absolute atomic E-state index is 13.0. The molecule has 2 aromatic carbocycles. The van der Waals surface area contributed by atoms with E-state index in [2.05, 4.69) is 20.8 Å². The van der Waals surface area contributed by atoms with E-state index in [4.69, 9.17) is 9.47 Å². The van der Waals surface area contributed by atoms with Crippen LogP contribution >= 0.6 is 0 Å².